The highest BCUT2D eigenvalue weighted by Crippen LogP contribution is 2.25. The molecule has 0 aliphatic heterocycles. The lowest BCUT2D eigenvalue weighted by molar-refractivity contribution is -0.116. The number of hydrogen-bond donors (Lipinski definition) is 0. The number of carbonyl (C=O) groups excluding carboxylic acids is 1. The van der Waals surface area contributed by atoms with Gasteiger partial charge >= 0.3 is 0 Å². The second-order valence-electron chi connectivity index (χ2n) is 6.43. The molecule has 27 heavy (non-hydrogen) atoms. The summed E-state index contributed by atoms with van der Waals surface area (Å²) < 4.78 is 3.75. The van der Waals surface area contributed by atoms with Gasteiger partial charge in [0.1, 0.15) is 0 Å². The minimum Gasteiger partial charge on any atom is -0.309 e. The van der Waals surface area contributed by atoms with Gasteiger partial charge in [-0.2, -0.15) is 5.10 Å². The summed E-state index contributed by atoms with van der Waals surface area (Å²) in [6, 6.07) is 9.83. The first-order chi connectivity index (χ1) is 13.0. The molecule has 0 N–H and O–H groups in total. The Bertz CT molecular complexity index is 902. The van der Waals surface area contributed by atoms with Crippen LogP contribution in [0.5, 0.6) is 0 Å². The number of aryl methyl sites for hydroxylation is 1. The van der Waals surface area contributed by atoms with Crippen LogP contribution in [-0.4, -0.2) is 42.2 Å². The Balaban J connectivity index is 1.76. The van der Waals surface area contributed by atoms with E-state index in [9.17, 15) is 4.79 Å². The van der Waals surface area contributed by atoms with E-state index in [1.165, 1.54) is 11.8 Å². The zero-order chi connectivity index (χ0) is 19.4. The molecule has 0 saturated heterocycles. The first-order valence-corrected chi connectivity index (χ1v) is 9.92. The number of thioether (sulfide) groups is 1. The Morgan fingerprint density at radius 3 is 2.56 bits per heavy atom. The highest BCUT2D eigenvalue weighted by molar-refractivity contribution is 7.99. The van der Waals surface area contributed by atoms with Crippen LogP contribution in [0.4, 0.5) is 5.69 Å². The molecule has 7 nitrogen and oxygen atoms in total. The van der Waals surface area contributed by atoms with Gasteiger partial charge in [-0.05, 0) is 32.9 Å². The third kappa shape index (κ3) is 4.21. The molecule has 3 rings (SSSR count). The average Bonchev–Trinajstić information content (AvgIpc) is 3.26. The standard InChI is InChI=1S/C19H24N6OS/c1-5-24-18(15-11-20-23(4)12-15)21-22-19(24)27-13-17(26)25(14(2)3)16-9-7-6-8-10-16/h6-12,14H,5,13H2,1-4H3. The molecule has 1 aromatic carbocycles. The maximum Gasteiger partial charge on any atom is 0.237 e. The first-order valence-electron chi connectivity index (χ1n) is 8.93. The Hall–Kier alpha value is -2.61. The molecule has 0 saturated carbocycles. The molecule has 0 spiro atoms. The predicted molar refractivity (Wildman–Crippen MR) is 108 cm³/mol. The number of benzene rings is 1. The average molecular weight is 385 g/mol. The molecule has 0 unspecified atom stereocenters. The number of amides is 1. The van der Waals surface area contributed by atoms with E-state index in [1.807, 2.05) is 73.8 Å². The normalized spacial score (nSPS) is 11.1. The maximum absolute atomic E-state index is 12.9. The van der Waals surface area contributed by atoms with Crippen LogP contribution in [0.25, 0.3) is 11.4 Å². The van der Waals surface area contributed by atoms with Crippen LogP contribution in [0.3, 0.4) is 0 Å². The van der Waals surface area contributed by atoms with Crippen LogP contribution in [0.15, 0.2) is 47.9 Å². The van der Waals surface area contributed by atoms with E-state index in [0.717, 1.165) is 28.8 Å². The summed E-state index contributed by atoms with van der Waals surface area (Å²) in [7, 11) is 1.87. The van der Waals surface area contributed by atoms with E-state index < -0.39 is 0 Å². The summed E-state index contributed by atoms with van der Waals surface area (Å²) in [5, 5.41) is 13.5. The lowest BCUT2D eigenvalue weighted by atomic mass is 10.2. The first kappa shape index (κ1) is 19.2. The zero-order valence-corrected chi connectivity index (χ0v) is 16.8. The summed E-state index contributed by atoms with van der Waals surface area (Å²) >= 11 is 1.41. The van der Waals surface area contributed by atoms with E-state index in [2.05, 4.69) is 15.3 Å². The van der Waals surface area contributed by atoms with Gasteiger partial charge in [0.25, 0.3) is 0 Å². The van der Waals surface area contributed by atoms with Crippen molar-refractivity contribution in [3.63, 3.8) is 0 Å². The molecule has 0 radical (unpaired) electrons. The quantitative estimate of drug-likeness (QED) is 0.585. The number of nitrogens with zero attached hydrogens (tertiary/aromatic N) is 6. The topological polar surface area (TPSA) is 68.8 Å². The Morgan fingerprint density at radius 2 is 1.96 bits per heavy atom. The van der Waals surface area contributed by atoms with Crippen LogP contribution in [0, 0.1) is 0 Å². The Morgan fingerprint density at radius 1 is 1.22 bits per heavy atom. The molecule has 3 aromatic rings. The molecular weight excluding hydrogens is 360 g/mol. The Kier molecular flexibility index (Phi) is 5.95. The van der Waals surface area contributed by atoms with Gasteiger partial charge in [-0.25, -0.2) is 0 Å². The largest absolute Gasteiger partial charge is 0.309 e. The number of hydrogen-bond acceptors (Lipinski definition) is 5. The van der Waals surface area contributed by atoms with Gasteiger partial charge < -0.3 is 9.47 Å². The number of para-hydroxylation sites is 1. The van der Waals surface area contributed by atoms with Gasteiger partial charge in [-0.15, -0.1) is 10.2 Å². The van der Waals surface area contributed by atoms with Crippen molar-refractivity contribution in [3.8, 4) is 11.4 Å². The fourth-order valence-corrected chi connectivity index (χ4v) is 3.81. The third-order valence-corrected chi connectivity index (χ3v) is 5.09. The van der Waals surface area contributed by atoms with Gasteiger partial charge in [0, 0.05) is 31.5 Å². The fourth-order valence-electron chi connectivity index (χ4n) is 2.95. The zero-order valence-electron chi connectivity index (χ0n) is 16.0. The molecule has 0 aliphatic rings. The smallest absolute Gasteiger partial charge is 0.237 e. The van der Waals surface area contributed by atoms with Gasteiger partial charge in [0.05, 0.1) is 17.5 Å². The van der Waals surface area contributed by atoms with Gasteiger partial charge in [0.15, 0.2) is 11.0 Å². The van der Waals surface area contributed by atoms with Gasteiger partial charge in [0.2, 0.25) is 5.91 Å². The highest BCUT2D eigenvalue weighted by atomic mass is 32.2. The molecule has 0 fully saturated rings. The summed E-state index contributed by atoms with van der Waals surface area (Å²) in [4.78, 5) is 14.7. The van der Waals surface area contributed by atoms with Crippen LogP contribution in [0.1, 0.15) is 20.8 Å². The SMILES string of the molecule is CCn1c(SCC(=O)N(c2ccccc2)C(C)C)nnc1-c1cnn(C)c1. The monoisotopic (exact) mass is 384 g/mol. The summed E-state index contributed by atoms with van der Waals surface area (Å²) in [6.45, 7) is 6.80. The molecule has 142 valence electrons. The van der Waals surface area contributed by atoms with Crippen molar-refractivity contribution in [2.45, 2.75) is 38.5 Å². The summed E-state index contributed by atoms with van der Waals surface area (Å²) in [6.07, 6.45) is 3.68. The van der Waals surface area contributed by atoms with E-state index in [4.69, 9.17) is 0 Å². The van der Waals surface area contributed by atoms with E-state index in [-0.39, 0.29) is 11.9 Å². The van der Waals surface area contributed by atoms with Crippen LogP contribution in [0.2, 0.25) is 0 Å². The van der Waals surface area contributed by atoms with Crippen molar-refractivity contribution in [1.82, 2.24) is 24.5 Å². The molecule has 0 atom stereocenters. The minimum atomic E-state index is 0.0507. The van der Waals surface area contributed by atoms with Crippen molar-refractivity contribution in [2.75, 3.05) is 10.7 Å². The number of anilines is 1. The molecule has 0 aliphatic carbocycles. The maximum atomic E-state index is 12.9. The number of rotatable bonds is 7. The van der Waals surface area contributed by atoms with Crippen LogP contribution >= 0.6 is 11.8 Å². The molecular formula is C19H24N6OS. The van der Waals surface area contributed by atoms with E-state index >= 15 is 0 Å². The predicted octanol–water partition coefficient (Wildman–Crippen LogP) is 3.23. The van der Waals surface area contributed by atoms with Crippen molar-refractivity contribution < 1.29 is 4.79 Å². The number of carbonyl (C=O) groups is 1. The van der Waals surface area contributed by atoms with Crippen molar-refractivity contribution in [1.29, 1.82) is 0 Å². The lowest BCUT2D eigenvalue weighted by Crippen LogP contribution is -2.38. The highest BCUT2D eigenvalue weighted by Gasteiger charge is 2.21. The van der Waals surface area contributed by atoms with Gasteiger partial charge in [-0.1, -0.05) is 30.0 Å². The number of aromatic nitrogens is 5. The molecule has 2 heterocycles. The van der Waals surface area contributed by atoms with Crippen LogP contribution < -0.4 is 4.90 Å². The molecule has 0 bridgehead atoms. The minimum absolute atomic E-state index is 0.0507. The lowest BCUT2D eigenvalue weighted by Gasteiger charge is -2.26. The second-order valence-corrected chi connectivity index (χ2v) is 7.38. The third-order valence-electron chi connectivity index (χ3n) is 4.14. The van der Waals surface area contributed by atoms with Crippen LogP contribution in [-0.2, 0) is 18.4 Å². The molecule has 1 amide bonds. The van der Waals surface area contributed by atoms with Crippen molar-refractivity contribution >= 4 is 23.4 Å². The van der Waals surface area contributed by atoms with E-state index in [1.54, 1.807) is 10.9 Å². The molecule has 8 heteroatoms. The molecule has 2 aromatic heterocycles. The summed E-state index contributed by atoms with van der Waals surface area (Å²) in [5.74, 6) is 1.12. The van der Waals surface area contributed by atoms with Crippen molar-refractivity contribution in [3.05, 3.63) is 42.7 Å². The van der Waals surface area contributed by atoms with E-state index in [0.29, 0.717) is 5.75 Å². The summed E-state index contributed by atoms with van der Waals surface area (Å²) in [5.41, 5.74) is 1.82. The van der Waals surface area contributed by atoms with Gasteiger partial charge in [-0.3, -0.25) is 9.48 Å². The second kappa shape index (κ2) is 8.39. The van der Waals surface area contributed by atoms with Crippen molar-refractivity contribution in [2.24, 2.45) is 7.05 Å². The Labute approximate surface area is 163 Å². The fraction of sp³-hybridized carbons (Fsp3) is 0.368.